The van der Waals surface area contributed by atoms with E-state index in [1.807, 2.05) is 30.3 Å². The van der Waals surface area contributed by atoms with Crippen molar-refractivity contribution in [2.75, 3.05) is 7.11 Å². The van der Waals surface area contributed by atoms with Crippen molar-refractivity contribution in [3.05, 3.63) is 79.7 Å². The predicted molar refractivity (Wildman–Crippen MR) is 142 cm³/mol. The van der Waals surface area contributed by atoms with Crippen LogP contribution in [0.5, 0.6) is 11.5 Å². The van der Waals surface area contributed by atoms with E-state index in [1.54, 1.807) is 6.07 Å². The highest BCUT2D eigenvalue weighted by molar-refractivity contribution is 7.16. The third-order valence-electron chi connectivity index (χ3n) is 6.65. The van der Waals surface area contributed by atoms with Gasteiger partial charge < -0.3 is 9.47 Å². The largest absolute Gasteiger partial charge is 0.493 e. The highest BCUT2D eigenvalue weighted by Crippen LogP contribution is 2.45. The van der Waals surface area contributed by atoms with Crippen LogP contribution in [0.15, 0.2) is 47.5 Å². The fourth-order valence-electron chi connectivity index (χ4n) is 4.48. The summed E-state index contributed by atoms with van der Waals surface area (Å²) < 4.78 is 11.3. The Kier molecular flexibility index (Phi) is 7.41. The highest BCUT2D eigenvalue weighted by Gasteiger charge is 2.32. The molecule has 3 aromatic rings. The zero-order valence-corrected chi connectivity index (χ0v) is 21.7. The fourth-order valence-corrected chi connectivity index (χ4v) is 5.70. The van der Waals surface area contributed by atoms with Crippen molar-refractivity contribution < 1.29 is 14.4 Å². The second kappa shape index (κ2) is 10.5. The first-order valence-electron chi connectivity index (χ1n) is 11.8. The first-order valence-corrected chi connectivity index (χ1v) is 12.6. The van der Waals surface area contributed by atoms with E-state index in [9.17, 15) is 15.4 Å². The maximum Gasteiger partial charge on any atom is 0.282 e. The minimum absolute atomic E-state index is 0.143. The van der Waals surface area contributed by atoms with Gasteiger partial charge in [0.15, 0.2) is 11.5 Å². The maximum absolute atomic E-state index is 11.9. The smallest absolute Gasteiger partial charge is 0.282 e. The Labute approximate surface area is 215 Å². The number of nitriles is 1. The number of benzene rings is 2. The SMILES string of the molecule is COc1cc(C=Nc2sc3c(c2C#N)CC[C@H](C(C)(C)C)C3)c([N+](=O)[O-])cc1OCc1ccccc1. The molecule has 0 saturated heterocycles. The molecule has 1 aliphatic carbocycles. The second-order valence-electron chi connectivity index (χ2n) is 9.95. The number of hydrogen-bond donors (Lipinski definition) is 0. The molecule has 0 amide bonds. The van der Waals surface area contributed by atoms with Crippen LogP contribution in [0.1, 0.15) is 54.3 Å². The molecule has 0 spiro atoms. The van der Waals surface area contributed by atoms with Gasteiger partial charge in [-0.25, -0.2) is 4.99 Å². The number of aliphatic imine (C=N–C) groups is 1. The monoisotopic (exact) mass is 503 g/mol. The van der Waals surface area contributed by atoms with Crippen molar-refractivity contribution in [1.82, 2.24) is 0 Å². The van der Waals surface area contributed by atoms with Crippen LogP contribution in [-0.2, 0) is 19.4 Å². The van der Waals surface area contributed by atoms with Gasteiger partial charge in [0.25, 0.3) is 5.69 Å². The summed E-state index contributed by atoms with van der Waals surface area (Å²) in [7, 11) is 1.49. The van der Waals surface area contributed by atoms with E-state index in [2.05, 4.69) is 31.8 Å². The average Bonchev–Trinajstić information content (AvgIpc) is 3.22. The average molecular weight is 504 g/mol. The van der Waals surface area contributed by atoms with Gasteiger partial charge in [-0.3, -0.25) is 10.1 Å². The van der Waals surface area contributed by atoms with Crippen LogP contribution in [0.2, 0.25) is 0 Å². The van der Waals surface area contributed by atoms with Gasteiger partial charge in [0.05, 0.1) is 29.2 Å². The Morgan fingerprint density at radius 2 is 2.00 bits per heavy atom. The molecule has 7 nitrogen and oxygen atoms in total. The number of rotatable bonds is 7. The number of ether oxygens (including phenoxy) is 2. The Bertz CT molecular complexity index is 1330. The third kappa shape index (κ3) is 5.42. The van der Waals surface area contributed by atoms with Gasteiger partial charge in [0.1, 0.15) is 17.7 Å². The number of thiophene rings is 1. The molecule has 4 rings (SSSR count). The zero-order valence-electron chi connectivity index (χ0n) is 20.9. The molecule has 1 aromatic heterocycles. The molecule has 1 heterocycles. The van der Waals surface area contributed by atoms with Crippen molar-refractivity contribution >= 4 is 28.2 Å². The Morgan fingerprint density at radius 3 is 2.64 bits per heavy atom. The summed E-state index contributed by atoms with van der Waals surface area (Å²) in [5.41, 5.74) is 2.93. The summed E-state index contributed by atoms with van der Waals surface area (Å²) in [4.78, 5) is 17.2. The number of nitro groups is 1. The van der Waals surface area contributed by atoms with Crippen molar-refractivity contribution in [1.29, 1.82) is 5.26 Å². The molecule has 0 unspecified atom stereocenters. The quantitative estimate of drug-likeness (QED) is 0.196. The van der Waals surface area contributed by atoms with Crippen molar-refractivity contribution in [3.8, 4) is 17.6 Å². The minimum atomic E-state index is -0.464. The minimum Gasteiger partial charge on any atom is -0.493 e. The van der Waals surface area contributed by atoms with Gasteiger partial charge >= 0.3 is 0 Å². The Hall–Kier alpha value is -3.70. The first kappa shape index (κ1) is 25.4. The summed E-state index contributed by atoms with van der Waals surface area (Å²) in [5.74, 6) is 1.19. The van der Waals surface area contributed by atoms with Gasteiger partial charge in [0, 0.05) is 11.1 Å². The third-order valence-corrected chi connectivity index (χ3v) is 7.81. The lowest BCUT2D eigenvalue weighted by molar-refractivity contribution is -0.385. The van der Waals surface area contributed by atoms with Crippen molar-refractivity contribution in [3.63, 3.8) is 0 Å². The Balaban J connectivity index is 1.64. The maximum atomic E-state index is 11.9. The standard InChI is InChI=1S/C28H29N3O4S/c1-28(2,3)20-10-11-21-22(15-29)27(36-26(21)13-20)30-16-19-12-24(34-4)25(14-23(19)31(32)33)35-17-18-8-6-5-7-9-18/h5-9,12,14,16,20H,10-11,13,17H2,1-4H3/t20-/m0/s1. The molecule has 0 saturated carbocycles. The van der Waals surface area contributed by atoms with Gasteiger partial charge in [-0.1, -0.05) is 51.1 Å². The van der Waals surface area contributed by atoms with E-state index in [4.69, 9.17) is 9.47 Å². The van der Waals surface area contributed by atoms with Crippen LogP contribution < -0.4 is 9.47 Å². The van der Waals surface area contributed by atoms with E-state index >= 15 is 0 Å². The summed E-state index contributed by atoms with van der Waals surface area (Å²) in [6, 6.07) is 14.8. The summed E-state index contributed by atoms with van der Waals surface area (Å²) >= 11 is 1.51. The predicted octanol–water partition coefficient (Wildman–Crippen LogP) is 7.02. The molecule has 186 valence electrons. The molecule has 0 aliphatic heterocycles. The van der Waals surface area contributed by atoms with Crippen LogP contribution in [0, 0.1) is 32.8 Å². The fraction of sp³-hybridized carbons (Fsp3) is 0.357. The number of nitro benzene ring substituents is 1. The van der Waals surface area contributed by atoms with E-state index in [0.717, 1.165) is 30.4 Å². The van der Waals surface area contributed by atoms with Crippen LogP contribution in [-0.4, -0.2) is 18.2 Å². The van der Waals surface area contributed by atoms with E-state index in [-0.39, 0.29) is 29.0 Å². The molecule has 1 aliphatic rings. The molecule has 0 N–H and O–H groups in total. The molecule has 2 aromatic carbocycles. The normalized spacial score (nSPS) is 15.4. The van der Waals surface area contributed by atoms with Crippen molar-refractivity contribution in [2.24, 2.45) is 16.3 Å². The van der Waals surface area contributed by atoms with Crippen molar-refractivity contribution in [2.45, 2.75) is 46.6 Å². The number of hydrogen-bond acceptors (Lipinski definition) is 7. The molecule has 1 atom stereocenters. The lowest BCUT2D eigenvalue weighted by Crippen LogP contribution is -2.26. The topological polar surface area (TPSA) is 97.8 Å². The lowest BCUT2D eigenvalue weighted by atomic mass is 9.72. The molecular formula is C28H29N3O4S. The van der Waals surface area contributed by atoms with Gasteiger partial charge in [0.2, 0.25) is 0 Å². The highest BCUT2D eigenvalue weighted by atomic mass is 32.1. The molecule has 0 fully saturated rings. The number of fused-ring (bicyclic) bond motifs is 1. The molecule has 0 bridgehead atoms. The van der Waals surface area contributed by atoms with Crippen LogP contribution in [0.4, 0.5) is 10.7 Å². The Morgan fingerprint density at radius 1 is 1.25 bits per heavy atom. The molecule has 0 radical (unpaired) electrons. The van der Waals surface area contributed by atoms with Gasteiger partial charge in [-0.15, -0.1) is 11.3 Å². The van der Waals surface area contributed by atoms with Crippen LogP contribution in [0.25, 0.3) is 0 Å². The number of methoxy groups -OCH3 is 1. The van der Waals surface area contributed by atoms with Gasteiger partial charge in [-0.2, -0.15) is 5.26 Å². The van der Waals surface area contributed by atoms with E-state index in [0.29, 0.717) is 22.2 Å². The van der Waals surface area contributed by atoms with E-state index in [1.165, 1.54) is 35.6 Å². The zero-order chi connectivity index (χ0) is 25.9. The van der Waals surface area contributed by atoms with Gasteiger partial charge in [-0.05, 0) is 47.8 Å². The summed E-state index contributed by atoms with van der Waals surface area (Å²) in [5, 5.41) is 22.3. The van der Waals surface area contributed by atoms with E-state index < -0.39 is 4.92 Å². The second-order valence-corrected chi connectivity index (χ2v) is 11.0. The lowest BCUT2D eigenvalue weighted by Gasteiger charge is -2.33. The molecule has 8 heteroatoms. The molecular weight excluding hydrogens is 474 g/mol. The molecule has 36 heavy (non-hydrogen) atoms. The van der Waals surface area contributed by atoms with Crippen LogP contribution in [0.3, 0.4) is 0 Å². The first-order chi connectivity index (χ1) is 17.2. The summed E-state index contributed by atoms with van der Waals surface area (Å²) in [6.45, 7) is 7.00. The van der Waals surface area contributed by atoms with Crippen LogP contribution >= 0.6 is 11.3 Å². The number of nitrogens with zero attached hydrogens (tertiary/aromatic N) is 3. The summed E-state index contributed by atoms with van der Waals surface area (Å²) in [6.07, 6.45) is 4.27.